The maximum Gasteiger partial charge on any atom is 0.164 e. The highest BCUT2D eigenvalue weighted by Crippen LogP contribution is 2.40. The van der Waals surface area contributed by atoms with Gasteiger partial charge in [0.15, 0.2) is 17.5 Å². The molecule has 5 nitrogen and oxygen atoms in total. The van der Waals surface area contributed by atoms with E-state index in [0.717, 1.165) is 71.7 Å². The minimum Gasteiger partial charge on any atom is -0.456 e. The Morgan fingerprint density at radius 1 is 0.353 bits per heavy atom. The molecule has 11 aromatic rings. The summed E-state index contributed by atoms with van der Waals surface area (Å²) in [6, 6.07) is 52.2. The average Bonchev–Trinajstić information content (AvgIpc) is 3.88. The SMILES string of the molecule is c1ccc(-c2nc(-c3ccc4c(c3)oc3ccc(-c5cccc6oc7ccccc7c56)cc34)nc(-c3ccc4sc5ccccc5c4c3)n2)cc1. The van der Waals surface area contributed by atoms with Crippen LogP contribution in [0.4, 0.5) is 0 Å². The number of aromatic nitrogens is 3. The van der Waals surface area contributed by atoms with Crippen LogP contribution in [0.5, 0.6) is 0 Å². The van der Waals surface area contributed by atoms with Crippen LogP contribution in [-0.2, 0) is 0 Å². The number of fused-ring (bicyclic) bond motifs is 9. The second-order valence-corrected chi connectivity index (χ2v) is 13.9. The van der Waals surface area contributed by atoms with Gasteiger partial charge in [-0.15, -0.1) is 11.3 Å². The van der Waals surface area contributed by atoms with E-state index in [0.29, 0.717) is 17.5 Å². The Hall–Kier alpha value is -6.63. The van der Waals surface area contributed by atoms with Crippen molar-refractivity contribution in [2.45, 2.75) is 0 Å². The lowest BCUT2D eigenvalue weighted by Crippen LogP contribution is -2.00. The number of furan rings is 2. The molecule has 0 amide bonds. The molecule has 11 rings (SSSR count). The van der Waals surface area contributed by atoms with E-state index in [4.69, 9.17) is 23.8 Å². The Morgan fingerprint density at radius 2 is 0.980 bits per heavy atom. The number of rotatable bonds is 4. The number of thiophene rings is 1. The summed E-state index contributed by atoms with van der Waals surface area (Å²) in [6.07, 6.45) is 0. The third-order valence-corrected chi connectivity index (χ3v) is 10.9. The summed E-state index contributed by atoms with van der Waals surface area (Å²) < 4.78 is 15.2. The Balaban J connectivity index is 1.05. The van der Waals surface area contributed by atoms with Crippen LogP contribution in [0.2, 0.25) is 0 Å². The molecule has 51 heavy (non-hydrogen) atoms. The van der Waals surface area contributed by atoms with E-state index >= 15 is 0 Å². The summed E-state index contributed by atoms with van der Waals surface area (Å²) in [5, 5.41) is 6.76. The molecule has 6 heteroatoms. The average molecular weight is 672 g/mol. The Kier molecular flexibility index (Phi) is 6.05. The number of nitrogens with zero attached hydrogens (tertiary/aromatic N) is 3. The zero-order valence-corrected chi connectivity index (χ0v) is 27.8. The van der Waals surface area contributed by atoms with Crippen molar-refractivity contribution in [3.05, 3.63) is 152 Å². The quantitative estimate of drug-likeness (QED) is 0.186. The van der Waals surface area contributed by atoms with Gasteiger partial charge in [0.25, 0.3) is 0 Å². The molecule has 4 aromatic heterocycles. The second kappa shape index (κ2) is 10.9. The van der Waals surface area contributed by atoms with E-state index in [1.807, 2.05) is 54.6 Å². The smallest absolute Gasteiger partial charge is 0.164 e. The normalized spacial score (nSPS) is 11.9. The van der Waals surface area contributed by atoms with Gasteiger partial charge in [0, 0.05) is 58.4 Å². The van der Waals surface area contributed by atoms with Gasteiger partial charge in [-0.1, -0.05) is 91.0 Å². The van der Waals surface area contributed by atoms with E-state index in [2.05, 4.69) is 97.1 Å². The molecule has 0 unspecified atom stereocenters. The van der Waals surface area contributed by atoms with Gasteiger partial charge in [-0.2, -0.15) is 0 Å². The zero-order chi connectivity index (χ0) is 33.5. The standard InChI is InChI=1S/C45H25N3O2S/c1-2-9-26(10-3-1)43-46-44(28-19-22-41-35(24-28)32-11-5-7-16-40(32)51-41)48-45(47-43)29-17-20-31-34-23-27(18-21-37(34)50-39(31)25-29)30-13-8-15-38-42(30)33-12-4-6-14-36(33)49-38/h1-25H. The topological polar surface area (TPSA) is 65.0 Å². The fourth-order valence-electron chi connectivity index (χ4n) is 7.31. The first kappa shape index (κ1) is 28.2. The molecule has 0 spiro atoms. The van der Waals surface area contributed by atoms with E-state index in [9.17, 15) is 0 Å². The van der Waals surface area contributed by atoms with Crippen molar-refractivity contribution < 1.29 is 8.83 Å². The van der Waals surface area contributed by atoms with Crippen molar-refractivity contribution in [3.63, 3.8) is 0 Å². The highest BCUT2D eigenvalue weighted by atomic mass is 32.1. The number of para-hydroxylation sites is 1. The van der Waals surface area contributed by atoms with Crippen molar-refractivity contribution in [1.82, 2.24) is 15.0 Å². The van der Waals surface area contributed by atoms with Gasteiger partial charge in [0.05, 0.1) is 0 Å². The molecule has 0 saturated carbocycles. The molecule has 238 valence electrons. The third-order valence-electron chi connectivity index (χ3n) is 9.75. The first-order chi connectivity index (χ1) is 25.2. The van der Waals surface area contributed by atoms with Crippen molar-refractivity contribution in [2.75, 3.05) is 0 Å². The number of benzene rings is 7. The first-order valence-corrected chi connectivity index (χ1v) is 17.7. The largest absolute Gasteiger partial charge is 0.456 e. The van der Waals surface area contributed by atoms with E-state index in [1.54, 1.807) is 11.3 Å². The fraction of sp³-hybridized carbons (Fsp3) is 0. The molecule has 0 radical (unpaired) electrons. The summed E-state index contributed by atoms with van der Waals surface area (Å²) in [6.45, 7) is 0. The van der Waals surface area contributed by atoms with Gasteiger partial charge >= 0.3 is 0 Å². The van der Waals surface area contributed by atoms with Crippen LogP contribution in [0.1, 0.15) is 0 Å². The van der Waals surface area contributed by atoms with E-state index < -0.39 is 0 Å². The molecule has 0 fully saturated rings. The highest BCUT2D eigenvalue weighted by molar-refractivity contribution is 7.25. The summed E-state index contributed by atoms with van der Waals surface area (Å²) >= 11 is 1.80. The van der Waals surface area contributed by atoms with Crippen molar-refractivity contribution >= 4 is 75.4 Å². The molecule has 0 aliphatic carbocycles. The van der Waals surface area contributed by atoms with E-state index in [-0.39, 0.29) is 0 Å². The zero-order valence-electron chi connectivity index (χ0n) is 27.0. The van der Waals surface area contributed by atoms with Gasteiger partial charge in [-0.25, -0.2) is 15.0 Å². The van der Waals surface area contributed by atoms with Crippen LogP contribution in [0.3, 0.4) is 0 Å². The molecule has 7 aromatic carbocycles. The molecular formula is C45H25N3O2S. The van der Waals surface area contributed by atoms with Crippen molar-refractivity contribution in [1.29, 1.82) is 0 Å². The molecule has 0 N–H and O–H groups in total. The van der Waals surface area contributed by atoms with Crippen molar-refractivity contribution in [3.8, 4) is 45.3 Å². The van der Waals surface area contributed by atoms with Gasteiger partial charge in [0.2, 0.25) is 0 Å². The lowest BCUT2D eigenvalue weighted by Gasteiger charge is -2.09. The van der Waals surface area contributed by atoms with Gasteiger partial charge in [-0.05, 0) is 71.8 Å². The maximum atomic E-state index is 6.47. The van der Waals surface area contributed by atoms with Crippen LogP contribution in [-0.4, -0.2) is 15.0 Å². The molecule has 4 heterocycles. The van der Waals surface area contributed by atoms with Gasteiger partial charge < -0.3 is 8.83 Å². The van der Waals surface area contributed by atoms with Gasteiger partial charge in [0.1, 0.15) is 22.3 Å². The molecule has 0 aliphatic heterocycles. The Morgan fingerprint density at radius 3 is 1.86 bits per heavy atom. The van der Waals surface area contributed by atoms with Crippen LogP contribution in [0.25, 0.3) is 109 Å². The summed E-state index contributed by atoms with van der Waals surface area (Å²) in [7, 11) is 0. The minimum absolute atomic E-state index is 0.593. The number of hydrogen-bond acceptors (Lipinski definition) is 6. The maximum absolute atomic E-state index is 6.47. The lowest BCUT2D eigenvalue weighted by atomic mass is 9.98. The fourth-order valence-corrected chi connectivity index (χ4v) is 8.40. The van der Waals surface area contributed by atoms with Crippen LogP contribution < -0.4 is 0 Å². The van der Waals surface area contributed by atoms with E-state index in [1.165, 1.54) is 20.2 Å². The highest BCUT2D eigenvalue weighted by Gasteiger charge is 2.17. The Labute approximate surface area is 295 Å². The molecular weight excluding hydrogens is 647 g/mol. The molecule has 0 aliphatic rings. The second-order valence-electron chi connectivity index (χ2n) is 12.8. The van der Waals surface area contributed by atoms with Crippen LogP contribution >= 0.6 is 11.3 Å². The van der Waals surface area contributed by atoms with Crippen LogP contribution in [0.15, 0.2) is 160 Å². The predicted octanol–water partition coefficient (Wildman–Crippen LogP) is 12.7. The molecule has 0 bridgehead atoms. The van der Waals surface area contributed by atoms with Gasteiger partial charge in [-0.3, -0.25) is 0 Å². The minimum atomic E-state index is 0.593. The lowest BCUT2D eigenvalue weighted by molar-refractivity contribution is 0.669. The monoisotopic (exact) mass is 671 g/mol. The van der Waals surface area contributed by atoms with Crippen molar-refractivity contribution in [2.24, 2.45) is 0 Å². The Bertz CT molecular complexity index is 3160. The predicted molar refractivity (Wildman–Crippen MR) is 209 cm³/mol. The molecule has 0 saturated heterocycles. The first-order valence-electron chi connectivity index (χ1n) is 16.8. The summed E-state index contributed by atoms with van der Waals surface area (Å²) in [4.78, 5) is 15.1. The summed E-state index contributed by atoms with van der Waals surface area (Å²) in [5.74, 6) is 1.85. The third kappa shape index (κ3) is 4.50. The summed E-state index contributed by atoms with van der Waals surface area (Å²) in [5.41, 5.74) is 8.35. The number of hydrogen-bond donors (Lipinski definition) is 0. The van der Waals surface area contributed by atoms with Crippen LogP contribution in [0, 0.1) is 0 Å². The molecule has 0 atom stereocenters.